The molecule has 0 spiro atoms. The van der Waals surface area contributed by atoms with Gasteiger partial charge in [-0.05, 0) is 51.4 Å². The van der Waals surface area contributed by atoms with Crippen LogP contribution in [0.15, 0.2) is 16.3 Å². The van der Waals surface area contributed by atoms with Crippen LogP contribution in [0.2, 0.25) is 0 Å². The highest BCUT2D eigenvalue weighted by molar-refractivity contribution is 7.80. The molecule has 0 aliphatic carbocycles. The topological polar surface area (TPSA) is 32.3 Å². The number of carbonyl (C=O) groups excluding carboxylic acids is 1. The van der Waals surface area contributed by atoms with Crippen LogP contribution in [0.5, 0.6) is 0 Å². The van der Waals surface area contributed by atoms with E-state index in [2.05, 4.69) is 29.9 Å². The molecule has 1 N–H and O–H groups in total. The molecule has 2 rings (SSSR count). The maximum atomic E-state index is 11.8. The van der Waals surface area contributed by atoms with Gasteiger partial charge >= 0.3 is 0 Å². The minimum Gasteiger partial charge on any atom is -0.351 e. The largest absolute Gasteiger partial charge is 0.351 e. The Hall–Kier alpha value is -0.520. The summed E-state index contributed by atoms with van der Waals surface area (Å²) in [6.45, 7) is 3.16. The van der Waals surface area contributed by atoms with E-state index in [0.29, 0.717) is 0 Å². The zero-order valence-electron chi connectivity index (χ0n) is 10.7. The number of likely N-dealkylation sites (tertiary alicyclic amines) is 1. The standard InChI is InChI=1S/C13H20N2OS2/c1-15-6-3-10(4-7-15)2-5-14-13(16)12-8-11(17)9-18-12/h8-10,17H,2-7H2,1H3,(H,14,16). The summed E-state index contributed by atoms with van der Waals surface area (Å²) < 4.78 is 0. The normalized spacial score (nSPS) is 17.9. The fourth-order valence-corrected chi connectivity index (χ4v) is 3.34. The predicted molar refractivity (Wildman–Crippen MR) is 78.7 cm³/mol. The second-order valence-corrected chi connectivity index (χ2v) is 6.39. The lowest BCUT2D eigenvalue weighted by molar-refractivity contribution is 0.0953. The Kier molecular flexibility index (Phi) is 5.09. The first-order valence-corrected chi connectivity index (χ1v) is 7.72. The van der Waals surface area contributed by atoms with Gasteiger partial charge in [0.15, 0.2) is 0 Å². The van der Waals surface area contributed by atoms with Crippen LogP contribution in [0, 0.1) is 5.92 Å². The van der Waals surface area contributed by atoms with Gasteiger partial charge in [0.2, 0.25) is 0 Å². The van der Waals surface area contributed by atoms with E-state index in [1.807, 2.05) is 11.4 Å². The molecule has 100 valence electrons. The first-order chi connectivity index (χ1) is 8.65. The van der Waals surface area contributed by atoms with Crippen molar-refractivity contribution in [1.29, 1.82) is 0 Å². The van der Waals surface area contributed by atoms with Crippen molar-refractivity contribution in [2.75, 3.05) is 26.7 Å². The van der Waals surface area contributed by atoms with Gasteiger partial charge in [0.05, 0.1) is 4.88 Å². The van der Waals surface area contributed by atoms with E-state index < -0.39 is 0 Å². The molecule has 0 atom stereocenters. The maximum Gasteiger partial charge on any atom is 0.261 e. The Balaban J connectivity index is 1.67. The summed E-state index contributed by atoms with van der Waals surface area (Å²) in [4.78, 5) is 15.8. The fourth-order valence-electron chi connectivity index (χ4n) is 2.27. The molecule has 5 heteroatoms. The van der Waals surface area contributed by atoms with Gasteiger partial charge in [0.1, 0.15) is 0 Å². The lowest BCUT2D eigenvalue weighted by Crippen LogP contribution is -2.32. The fraction of sp³-hybridized carbons (Fsp3) is 0.615. The van der Waals surface area contributed by atoms with Gasteiger partial charge in [-0.25, -0.2) is 0 Å². The first kappa shape index (κ1) is 13.9. The number of thiophene rings is 1. The van der Waals surface area contributed by atoms with Crippen LogP contribution in [-0.4, -0.2) is 37.5 Å². The van der Waals surface area contributed by atoms with E-state index in [0.717, 1.165) is 28.7 Å². The highest BCUT2D eigenvalue weighted by atomic mass is 32.1. The number of nitrogens with one attached hydrogen (secondary N) is 1. The van der Waals surface area contributed by atoms with Gasteiger partial charge < -0.3 is 10.2 Å². The molecule has 0 unspecified atom stereocenters. The molecule has 1 saturated heterocycles. The number of hydrogen-bond donors (Lipinski definition) is 2. The van der Waals surface area contributed by atoms with Crippen LogP contribution in [0.25, 0.3) is 0 Å². The Bertz CT molecular complexity index is 397. The van der Waals surface area contributed by atoms with E-state index in [-0.39, 0.29) is 5.91 Å². The second-order valence-electron chi connectivity index (χ2n) is 4.96. The number of hydrogen-bond acceptors (Lipinski definition) is 4. The van der Waals surface area contributed by atoms with Crippen molar-refractivity contribution in [2.45, 2.75) is 24.2 Å². The van der Waals surface area contributed by atoms with Crippen molar-refractivity contribution in [2.24, 2.45) is 5.92 Å². The Morgan fingerprint density at radius 2 is 2.28 bits per heavy atom. The van der Waals surface area contributed by atoms with Gasteiger partial charge in [-0.1, -0.05) is 0 Å². The molecule has 18 heavy (non-hydrogen) atoms. The average Bonchev–Trinajstić information content (AvgIpc) is 2.78. The third-order valence-electron chi connectivity index (χ3n) is 3.49. The van der Waals surface area contributed by atoms with Crippen LogP contribution in [0.1, 0.15) is 28.9 Å². The molecule has 1 amide bonds. The van der Waals surface area contributed by atoms with Gasteiger partial charge in [-0.15, -0.1) is 24.0 Å². The summed E-state index contributed by atoms with van der Waals surface area (Å²) in [5.41, 5.74) is 0. The smallest absolute Gasteiger partial charge is 0.261 e. The van der Waals surface area contributed by atoms with Gasteiger partial charge in [-0.3, -0.25) is 4.79 Å². The molecule has 0 saturated carbocycles. The summed E-state index contributed by atoms with van der Waals surface area (Å²) in [7, 11) is 2.17. The number of rotatable bonds is 4. The molecule has 0 aromatic carbocycles. The monoisotopic (exact) mass is 284 g/mol. The van der Waals surface area contributed by atoms with Crippen molar-refractivity contribution in [1.82, 2.24) is 10.2 Å². The van der Waals surface area contributed by atoms with E-state index in [1.165, 1.54) is 37.3 Å². The summed E-state index contributed by atoms with van der Waals surface area (Å²) in [5.74, 6) is 0.804. The van der Waals surface area contributed by atoms with Crippen LogP contribution >= 0.6 is 24.0 Å². The third kappa shape index (κ3) is 4.00. The Morgan fingerprint density at radius 1 is 1.56 bits per heavy atom. The molecule has 0 bridgehead atoms. The van der Waals surface area contributed by atoms with E-state index in [4.69, 9.17) is 0 Å². The van der Waals surface area contributed by atoms with Crippen LogP contribution in [0.4, 0.5) is 0 Å². The third-order valence-corrected chi connectivity index (χ3v) is 4.85. The second kappa shape index (κ2) is 6.59. The van der Waals surface area contributed by atoms with Crippen LogP contribution < -0.4 is 5.32 Å². The lowest BCUT2D eigenvalue weighted by atomic mass is 9.94. The molecular weight excluding hydrogens is 264 g/mol. The Labute approximate surface area is 118 Å². The molecule has 1 aromatic heterocycles. The predicted octanol–water partition coefficient (Wildman–Crippen LogP) is 2.50. The van der Waals surface area contributed by atoms with Gasteiger partial charge in [0.25, 0.3) is 5.91 Å². The van der Waals surface area contributed by atoms with Crippen molar-refractivity contribution in [3.63, 3.8) is 0 Å². The number of piperidine rings is 1. The summed E-state index contributed by atoms with van der Waals surface area (Å²) >= 11 is 5.66. The van der Waals surface area contributed by atoms with E-state index >= 15 is 0 Å². The minimum absolute atomic E-state index is 0.0354. The minimum atomic E-state index is 0.0354. The number of nitrogens with zero attached hydrogens (tertiary/aromatic N) is 1. The van der Waals surface area contributed by atoms with Gasteiger partial charge in [0, 0.05) is 16.8 Å². The molecule has 1 fully saturated rings. The number of amides is 1. The van der Waals surface area contributed by atoms with Crippen molar-refractivity contribution in [3.8, 4) is 0 Å². The average molecular weight is 284 g/mol. The van der Waals surface area contributed by atoms with E-state index in [1.54, 1.807) is 0 Å². The van der Waals surface area contributed by atoms with Crippen molar-refractivity contribution < 1.29 is 4.79 Å². The van der Waals surface area contributed by atoms with Gasteiger partial charge in [-0.2, -0.15) is 0 Å². The highest BCUT2D eigenvalue weighted by Crippen LogP contribution is 2.19. The zero-order valence-corrected chi connectivity index (χ0v) is 12.4. The van der Waals surface area contributed by atoms with Crippen molar-refractivity contribution >= 4 is 29.9 Å². The molecule has 3 nitrogen and oxygen atoms in total. The molecule has 2 heterocycles. The lowest BCUT2D eigenvalue weighted by Gasteiger charge is -2.28. The number of carbonyl (C=O) groups is 1. The molecule has 1 aliphatic rings. The maximum absolute atomic E-state index is 11.8. The van der Waals surface area contributed by atoms with Crippen LogP contribution in [-0.2, 0) is 0 Å². The molecule has 1 aromatic rings. The highest BCUT2D eigenvalue weighted by Gasteiger charge is 2.16. The molecule has 0 radical (unpaired) electrons. The quantitative estimate of drug-likeness (QED) is 0.833. The number of thiol groups is 1. The SMILES string of the molecule is CN1CCC(CCNC(=O)c2cc(S)cs2)CC1. The van der Waals surface area contributed by atoms with Crippen LogP contribution in [0.3, 0.4) is 0 Å². The molecule has 1 aliphatic heterocycles. The van der Waals surface area contributed by atoms with E-state index in [9.17, 15) is 4.79 Å². The first-order valence-electron chi connectivity index (χ1n) is 6.39. The zero-order chi connectivity index (χ0) is 13.0. The summed E-state index contributed by atoms with van der Waals surface area (Å²) in [6, 6.07) is 1.82. The molecular formula is C13H20N2OS2. The summed E-state index contributed by atoms with van der Waals surface area (Å²) in [6.07, 6.45) is 3.61. The van der Waals surface area contributed by atoms with Crippen molar-refractivity contribution in [3.05, 3.63) is 16.3 Å². The summed E-state index contributed by atoms with van der Waals surface area (Å²) in [5, 5.41) is 4.88. The Morgan fingerprint density at radius 3 is 2.89 bits per heavy atom.